The van der Waals surface area contributed by atoms with Gasteiger partial charge in [0.15, 0.2) is 0 Å². The third-order valence-corrected chi connectivity index (χ3v) is 6.00. The number of nitrogens with zero attached hydrogens (tertiary/aromatic N) is 1. The molecule has 1 aromatic carbocycles. The molecule has 0 radical (unpaired) electrons. The van der Waals surface area contributed by atoms with Crippen LogP contribution in [0.1, 0.15) is 48.5 Å². The van der Waals surface area contributed by atoms with Crippen molar-refractivity contribution in [3.8, 4) is 11.3 Å². The van der Waals surface area contributed by atoms with Crippen LogP contribution in [0.5, 0.6) is 0 Å². The molecule has 7 heteroatoms. The summed E-state index contributed by atoms with van der Waals surface area (Å²) in [4.78, 5) is 18.3. The van der Waals surface area contributed by atoms with Gasteiger partial charge in [-0.25, -0.2) is 4.98 Å². The van der Waals surface area contributed by atoms with Gasteiger partial charge in [0.05, 0.1) is 17.3 Å². The van der Waals surface area contributed by atoms with Crippen LogP contribution >= 0.6 is 35.3 Å². The van der Waals surface area contributed by atoms with Gasteiger partial charge in [0.1, 0.15) is 5.01 Å². The zero-order chi connectivity index (χ0) is 17.3. The number of aromatic nitrogens is 1. The molecule has 1 fully saturated rings. The topological polar surface area (TPSA) is 68.0 Å². The van der Waals surface area contributed by atoms with Gasteiger partial charge in [-0.1, -0.05) is 36.6 Å². The van der Waals surface area contributed by atoms with Crippen LogP contribution < -0.4 is 11.1 Å². The number of carbonyl (C=O) groups excluding carboxylic acids is 1. The van der Waals surface area contributed by atoms with E-state index < -0.39 is 5.54 Å². The lowest BCUT2D eigenvalue weighted by atomic mass is 9.98. The van der Waals surface area contributed by atoms with E-state index in [0.717, 1.165) is 46.8 Å². The zero-order valence-corrected chi connectivity index (χ0v) is 16.7. The molecule has 1 unspecified atom stereocenters. The van der Waals surface area contributed by atoms with E-state index in [-0.39, 0.29) is 24.4 Å². The number of hydrogen-bond acceptors (Lipinski definition) is 4. The molecular weight excluding hydrogens is 377 g/mol. The molecule has 1 aliphatic rings. The van der Waals surface area contributed by atoms with Gasteiger partial charge in [0.25, 0.3) is 0 Å². The summed E-state index contributed by atoms with van der Waals surface area (Å²) >= 11 is 7.56. The molecule has 136 valence electrons. The summed E-state index contributed by atoms with van der Waals surface area (Å²) < 4.78 is 0. The van der Waals surface area contributed by atoms with E-state index in [0.29, 0.717) is 5.02 Å². The molecular formula is C18H23Cl2N3OS. The van der Waals surface area contributed by atoms with Gasteiger partial charge in [-0.15, -0.1) is 23.7 Å². The van der Waals surface area contributed by atoms with Gasteiger partial charge in [-0.05, 0) is 38.8 Å². The second-order valence-corrected chi connectivity index (χ2v) is 8.19. The number of nitrogens with two attached hydrogens (primary N) is 1. The normalized spacial score (nSPS) is 17.0. The Morgan fingerprint density at radius 1 is 1.32 bits per heavy atom. The maximum absolute atomic E-state index is 12.5. The highest BCUT2D eigenvalue weighted by molar-refractivity contribution is 7.12. The Kier molecular flexibility index (Phi) is 6.49. The lowest BCUT2D eigenvalue weighted by Crippen LogP contribution is -2.52. The van der Waals surface area contributed by atoms with Crippen LogP contribution in [0.2, 0.25) is 5.02 Å². The minimum absolute atomic E-state index is 0. The molecule has 25 heavy (non-hydrogen) atoms. The summed E-state index contributed by atoms with van der Waals surface area (Å²) in [7, 11) is 0. The first-order valence-corrected chi connectivity index (χ1v) is 9.41. The van der Waals surface area contributed by atoms with Gasteiger partial charge in [0, 0.05) is 15.5 Å². The van der Waals surface area contributed by atoms with Crippen LogP contribution in [0.15, 0.2) is 24.3 Å². The number of halogens is 2. The van der Waals surface area contributed by atoms with Crippen LogP contribution in [0.4, 0.5) is 0 Å². The molecule has 4 nitrogen and oxygen atoms in total. The van der Waals surface area contributed by atoms with Crippen molar-refractivity contribution >= 4 is 41.3 Å². The number of nitrogens with one attached hydrogen (secondary N) is 1. The van der Waals surface area contributed by atoms with Crippen LogP contribution in [-0.2, 0) is 4.79 Å². The van der Waals surface area contributed by atoms with Crippen molar-refractivity contribution in [1.29, 1.82) is 0 Å². The third-order valence-electron chi connectivity index (χ3n) is 4.60. The second kappa shape index (κ2) is 8.04. The number of amides is 1. The Morgan fingerprint density at radius 2 is 1.92 bits per heavy atom. The quantitative estimate of drug-likeness (QED) is 0.786. The van der Waals surface area contributed by atoms with Crippen molar-refractivity contribution < 1.29 is 4.79 Å². The molecule has 1 aromatic heterocycles. The fourth-order valence-corrected chi connectivity index (χ4v) is 4.19. The molecule has 0 aliphatic heterocycles. The first-order chi connectivity index (χ1) is 11.4. The third kappa shape index (κ3) is 4.34. The number of rotatable bonds is 4. The van der Waals surface area contributed by atoms with Gasteiger partial charge in [-0.2, -0.15) is 0 Å². The van der Waals surface area contributed by atoms with E-state index in [1.165, 1.54) is 0 Å². The largest absolute Gasteiger partial charge is 0.346 e. The fraction of sp³-hybridized carbons (Fsp3) is 0.444. The van der Waals surface area contributed by atoms with Crippen molar-refractivity contribution in [2.45, 2.75) is 51.1 Å². The summed E-state index contributed by atoms with van der Waals surface area (Å²) in [5.41, 5.74) is 7.49. The number of carbonyl (C=O) groups is 1. The summed E-state index contributed by atoms with van der Waals surface area (Å²) in [6.45, 7) is 4.00. The van der Waals surface area contributed by atoms with Gasteiger partial charge >= 0.3 is 0 Å². The molecule has 1 heterocycles. The average molecular weight is 400 g/mol. The molecule has 0 spiro atoms. The van der Waals surface area contributed by atoms with Crippen molar-refractivity contribution in [1.82, 2.24) is 10.3 Å². The standard InChI is InChI=1S/C18H22ClN3OS.ClH/c1-11(21-17(23)18(20)9-3-4-10-18)16-22-15(12(2)24-16)13-5-7-14(19)8-6-13;/h5-8,11H,3-4,9-10,20H2,1-2H3,(H,21,23);1H. The number of thiazole rings is 1. The lowest BCUT2D eigenvalue weighted by Gasteiger charge is -2.24. The highest BCUT2D eigenvalue weighted by Crippen LogP contribution is 2.32. The smallest absolute Gasteiger partial charge is 0.240 e. The Balaban J connectivity index is 0.00000225. The van der Waals surface area contributed by atoms with E-state index in [1.54, 1.807) is 11.3 Å². The van der Waals surface area contributed by atoms with Crippen LogP contribution in [-0.4, -0.2) is 16.4 Å². The van der Waals surface area contributed by atoms with Crippen LogP contribution in [0.25, 0.3) is 11.3 Å². The minimum atomic E-state index is -0.709. The zero-order valence-electron chi connectivity index (χ0n) is 14.3. The van der Waals surface area contributed by atoms with Crippen LogP contribution in [0.3, 0.4) is 0 Å². The second-order valence-electron chi connectivity index (χ2n) is 6.52. The molecule has 1 amide bonds. The van der Waals surface area contributed by atoms with E-state index in [4.69, 9.17) is 22.3 Å². The first kappa shape index (κ1) is 20.2. The van der Waals surface area contributed by atoms with Crippen LogP contribution in [0, 0.1) is 6.92 Å². The molecule has 0 bridgehead atoms. The summed E-state index contributed by atoms with van der Waals surface area (Å²) in [6, 6.07) is 7.50. The predicted octanol–water partition coefficient (Wildman–Crippen LogP) is 4.64. The Morgan fingerprint density at radius 3 is 2.52 bits per heavy atom. The Bertz CT molecular complexity index is 739. The highest BCUT2D eigenvalue weighted by Gasteiger charge is 2.37. The van der Waals surface area contributed by atoms with Crippen molar-refractivity contribution in [3.63, 3.8) is 0 Å². The Labute approximate surface area is 163 Å². The van der Waals surface area contributed by atoms with E-state index in [9.17, 15) is 4.79 Å². The van der Waals surface area contributed by atoms with E-state index in [2.05, 4.69) is 5.32 Å². The van der Waals surface area contributed by atoms with Crippen molar-refractivity contribution in [2.75, 3.05) is 0 Å². The average Bonchev–Trinajstić information content (AvgIpc) is 3.15. The van der Waals surface area contributed by atoms with E-state index >= 15 is 0 Å². The molecule has 3 rings (SSSR count). The number of aryl methyl sites for hydroxylation is 1. The monoisotopic (exact) mass is 399 g/mol. The van der Waals surface area contributed by atoms with Crippen molar-refractivity contribution in [3.05, 3.63) is 39.2 Å². The first-order valence-electron chi connectivity index (χ1n) is 8.22. The van der Waals surface area contributed by atoms with Gasteiger partial charge < -0.3 is 11.1 Å². The molecule has 1 atom stereocenters. The predicted molar refractivity (Wildman–Crippen MR) is 106 cm³/mol. The van der Waals surface area contributed by atoms with E-state index in [1.807, 2.05) is 38.1 Å². The van der Waals surface area contributed by atoms with Crippen molar-refractivity contribution in [2.24, 2.45) is 5.73 Å². The summed E-state index contributed by atoms with van der Waals surface area (Å²) in [6.07, 6.45) is 3.57. The number of benzene rings is 1. The SMILES string of the molecule is Cc1sc(C(C)NC(=O)C2(N)CCCC2)nc1-c1ccc(Cl)cc1.Cl. The molecule has 2 aromatic rings. The molecule has 0 saturated heterocycles. The number of hydrogen-bond donors (Lipinski definition) is 2. The molecule has 3 N–H and O–H groups in total. The van der Waals surface area contributed by atoms with Gasteiger partial charge in [0.2, 0.25) is 5.91 Å². The molecule has 1 aliphatic carbocycles. The fourth-order valence-electron chi connectivity index (χ4n) is 3.11. The highest BCUT2D eigenvalue weighted by atomic mass is 35.5. The Hall–Kier alpha value is -1.14. The molecule has 1 saturated carbocycles. The maximum atomic E-state index is 12.5. The summed E-state index contributed by atoms with van der Waals surface area (Å²) in [5, 5.41) is 4.64. The summed E-state index contributed by atoms with van der Waals surface area (Å²) in [5.74, 6) is -0.0617. The van der Waals surface area contributed by atoms with Gasteiger partial charge in [-0.3, -0.25) is 4.79 Å². The minimum Gasteiger partial charge on any atom is -0.346 e. The maximum Gasteiger partial charge on any atom is 0.240 e. The lowest BCUT2D eigenvalue weighted by molar-refractivity contribution is -0.126.